The van der Waals surface area contributed by atoms with Gasteiger partial charge in [-0.3, -0.25) is 0 Å². The van der Waals surface area contributed by atoms with Crippen molar-refractivity contribution in [3.05, 3.63) is 64.7 Å². The van der Waals surface area contributed by atoms with Gasteiger partial charge in [0.25, 0.3) is 0 Å². The van der Waals surface area contributed by atoms with Gasteiger partial charge in [0, 0.05) is 10.6 Å². The van der Waals surface area contributed by atoms with Gasteiger partial charge in [-0.25, -0.2) is 8.78 Å². The second-order valence-corrected chi connectivity index (χ2v) is 7.63. The molecule has 2 aromatic carbocycles. The van der Waals surface area contributed by atoms with Crippen LogP contribution in [0.2, 0.25) is 5.02 Å². The minimum absolute atomic E-state index is 0.147. The monoisotopic (exact) mass is 394 g/mol. The molecule has 0 heterocycles. The number of nitrogens with one attached hydrogen (secondary N) is 2. The number of thiocarbonyl (C=S) groups is 1. The zero-order chi connectivity index (χ0) is 18.6. The van der Waals surface area contributed by atoms with Crippen LogP contribution >= 0.6 is 23.8 Å². The smallest absolute Gasteiger partial charge is 0.171 e. The number of para-hydroxylation sites is 1. The van der Waals surface area contributed by atoms with Crippen molar-refractivity contribution in [3.8, 4) is 0 Å². The van der Waals surface area contributed by atoms with Crippen molar-refractivity contribution >= 4 is 34.6 Å². The van der Waals surface area contributed by atoms with Crippen molar-refractivity contribution in [2.75, 3.05) is 5.32 Å². The van der Waals surface area contributed by atoms with E-state index in [1.807, 2.05) is 24.3 Å². The quantitative estimate of drug-likeness (QED) is 0.622. The van der Waals surface area contributed by atoms with Crippen molar-refractivity contribution < 1.29 is 8.78 Å². The van der Waals surface area contributed by atoms with E-state index in [0.717, 1.165) is 43.5 Å². The molecule has 0 aromatic heterocycles. The summed E-state index contributed by atoms with van der Waals surface area (Å²) in [7, 11) is 0. The van der Waals surface area contributed by atoms with E-state index in [4.69, 9.17) is 23.8 Å². The van der Waals surface area contributed by atoms with Crippen LogP contribution in [0, 0.1) is 11.6 Å². The summed E-state index contributed by atoms with van der Waals surface area (Å²) < 4.78 is 27.6. The van der Waals surface area contributed by atoms with Gasteiger partial charge >= 0.3 is 0 Å². The van der Waals surface area contributed by atoms with Crippen molar-refractivity contribution in [3.63, 3.8) is 0 Å². The van der Waals surface area contributed by atoms with Crippen LogP contribution in [0.25, 0.3) is 0 Å². The van der Waals surface area contributed by atoms with Crippen LogP contribution in [0.4, 0.5) is 14.5 Å². The SMILES string of the molecule is Fc1cccc(F)c1NC(=S)NC1(CCc2ccc(Cl)cc2)CCCC1. The molecule has 1 aliphatic rings. The summed E-state index contributed by atoms with van der Waals surface area (Å²) in [5, 5.41) is 7.01. The number of rotatable bonds is 5. The predicted octanol–water partition coefficient (Wildman–Crippen LogP) is 5.85. The number of anilines is 1. The molecule has 0 bridgehead atoms. The van der Waals surface area contributed by atoms with Crippen molar-refractivity contribution in [1.82, 2.24) is 5.32 Å². The molecule has 0 aliphatic heterocycles. The van der Waals surface area contributed by atoms with E-state index in [9.17, 15) is 8.78 Å². The highest BCUT2D eigenvalue weighted by molar-refractivity contribution is 7.80. The molecule has 2 nitrogen and oxygen atoms in total. The standard InChI is InChI=1S/C20H21ClF2N2S/c21-15-8-6-14(7-9-15)10-13-20(11-1-2-12-20)25-19(26)24-18-16(22)4-3-5-17(18)23/h3-9H,1-2,10-13H2,(H2,24,25,26). The molecule has 0 amide bonds. The first-order chi connectivity index (χ1) is 12.5. The average molecular weight is 395 g/mol. The van der Waals surface area contributed by atoms with Crippen molar-refractivity contribution in [1.29, 1.82) is 0 Å². The molecule has 2 aromatic rings. The lowest BCUT2D eigenvalue weighted by Gasteiger charge is -2.32. The third kappa shape index (κ3) is 4.71. The highest BCUT2D eigenvalue weighted by Crippen LogP contribution is 2.34. The summed E-state index contributed by atoms with van der Waals surface area (Å²) in [5.74, 6) is -1.31. The van der Waals surface area contributed by atoms with Crippen LogP contribution in [-0.4, -0.2) is 10.7 Å². The summed E-state index contributed by atoms with van der Waals surface area (Å²) >= 11 is 11.3. The molecule has 1 aliphatic carbocycles. The summed E-state index contributed by atoms with van der Waals surface area (Å²) in [4.78, 5) is 0. The molecule has 0 unspecified atom stereocenters. The van der Waals surface area contributed by atoms with Crippen LogP contribution < -0.4 is 10.6 Å². The summed E-state index contributed by atoms with van der Waals surface area (Å²) in [6.45, 7) is 0. The average Bonchev–Trinajstić information content (AvgIpc) is 3.06. The van der Waals surface area contributed by atoms with E-state index in [0.29, 0.717) is 0 Å². The van der Waals surface area contributed by atoms with E-state index >= 15 is 0 Å². The molecule has 3 rings (SSSR count). The lowest BCUT2D eigenvalue weighted by Crippen LogP contribution is -2.48. The highest BCUT2D eigenvalue weighted by Gasteiger charge is 2.34. The minimum atomic E-state index is -0.657. The van der Waals surface area contributed by atoms with E-state index in [2.05, 4.69) is 10.6 Å². The molecular weight excluding hydrogens is 374 g/mol. The molecule has 0 spiro atoms. The Morgan fingerprint density at radius 2 is 1.65 bits per heavy atom. The van der Waals surface area contributed by atoms with Gasteiger partial charge < -0.3 is 10.6 Å². The maximum atomic E-state index is 13.8. The minimum Gasteiger partial charge on any atom is -0.357 e. The molecule has 1 saturated carbocycles. The Morgan fingerprint density at radius 3 is 2.27 bits per heavy atom. The summed E-state index contributed by atoms with van der Waals surface area (Å²) in [5.41, 5.74) is 0.850. The highest BCUT2D eigenvalue weighted by atomic mass is 35.5. The topological polar surface area (TPSA) is 24.1 Å². The summed E-state index contributed by atoms with van der Waals surface area (Å²) in [6.07, 6.45) is 6.00. The van der Waals surface area contributed by atoms with Crippen LogP contribution in [0.3, 0.4) is 0 Å². The van der Waals surface area contributed by atoms with Gasteiger partial charge in [0.05, 0.1) is 0 Å². The molecule has 1 fully saturated rings. The fraction of sp³-hybridized carbons (Fsp3) is 0.350. The van der Waals surface area contributed by atoms with E-state index < -0.39 is 11.6 Å². The lowest BCUT2D eigenvalue weighted by atomic mass is 9.89. The Kier molecular flexibility index (Phi) is 6.09. The van der Waals surface area contributed by atoms with E-state index in [1.54, 1.807) is 0 Å². The second-order valence-electron chi connectivity index (χ2n) is 6.79. The Morgan fingerprint density at radius 1 is 1.04 bits per heavy atom. The molecule has 6 heteroatoms. The first-order valence-electron chi connectivity index (χ1n) is 8.75. The molecule has 0 radical (unpaired) electrons. The van der Waals surface area contributed by atoms with Gasteiger partial charge in [0.2, 0.25) is 0 Å². The zero-order valence-corrected chi connectivity index (χ0v) is 15.9. The third-order valence-corrected chi connectivity index (χ3v) is 5.40. The molecule has 2 N–H and O–H groups in total. The number of halogens is 3. The van der Waals surface area contributed by atoms with Gasteiger partial charge in [0.1, 0.15) is 17.3 Å². The number of aryl methyl sites for hydroxylation is 1. The molecule has 0 saturated heterocycles. The Labute approximate surface area is 162 Å². The van der Waals surface area contributed by atoms with Gasteiger partial charge in [-0.1, -0.05) is 42.6 Å². The largest absolute Gasteiger partial charge is 0.357 e. The van der Waals surface area contributed by atoms with Crippen molar-refractivity contribution in [2.24, 2.45) is 0 Å². The van der Waals surface area contributed by atoms with Crippen molar-refractivity contribution in [2.45, 2.75) is 44.1 Å². The number of benzene rings is 2. The van der Waals surface area contributed by atoms with Crippen LogP contribution in [0.1, 0.15) is 37.7 Å². The fourth-order valence-corrected chi connectivity index (χ4v) is 3.97. The normalized spacial score (nSPS) is 15.7. The van der Waals surface area contributed by atoms with Crippen LogP contribution in [-0.2, 0) is 6.42 Å². The van der Waals surface area contributed by atoms with E-state index in [1.165, 1.54) is 23.8 Å². The van der Waals surface area contributed by atoms with Gasteiger partial charge in [0.15, 0.2) is 5.11 Å². The van der Waals surface area contributed by atoms with Gasteiger partial charge in [-0.05, 0) is 67.7 Å². The Balaban J connectivity index is 1.65. The van der Waals surface area contributed by atoms with Crippen LogP contribution in [0.5, 0.6) is 0 Å². The summed E-state index contributed by atoms with van der Waals surface area (Å²) in [6, 6.07) is 11.6. The van der Waals surface area contributed by atoms with Gasteiger partial charge in [-0.2, -0.15) is 0 Å². The molecule has 0 atom stereocenters. The first kappa shape index (κ1) is 19.1. The third-order valence-electron chi connectivity index (χ3n) is 4.95. The predicted molar refractivity (Wildman–Crippen MR) is 107 cm³/mol. The maximum absolute atomic E-state index is 13.8. The maximum Gasteiger partial charge on any atom is 0.171 e. The number of hydrogen-bond donors (Lipinski definition) is 2. The van der Waals surface area contributed by atoms with E-state index in [-0.39, 0.29) is 16.3 Å². The second kappa shape index (κ2) is 8.31. The fourth-order valence-electron chi connectivity index (χ4n) is 3.53. The van der Waals surface area contributed by atoms with Crippen LogP contribution in [0.15, 0.2) is 42.5 Å². The first-order valence-corrected chi connectivity index (χ1v) is 9.54. The van der Waals surface area contributed by atoms with Gasteiger partial charge in [-0.15, -0.1) is 0 Å². The zero-order valence-electron chi connectivity index (χ0n) is 14.3. The molecule has 138 valence electrons. The lowest BCUT2D eigenvalue weighted by molar-refractivity contribution is 0.362. The molecular formula is C20H21ClF2N2S. The Bertz CT molecular complexity index is 754. The Hall–Kier alpha value is -1.72. The molecule has 26 heavy (non-hydrogen) atoms. The number of hydrogen-bond acceptors (Lipinski definition) is 1.